The van der Waals surface area contributed by atoms with Gasteiger partial charge in [0.05, 0.1) is 6.61 Å². The molecule has 0 aliphatic carbocycles. The molecule has 0 saturated carbocycles. The highest BCUT2D eigenvalue weighted by Crippen LogP contribution is 2.24. The summed E-state index contributed by atoms with van der Waals surface area (Å²) in [5.41, 5.74) is 0. The molecule has 1 aliphatic heterocycles. The normalized spacial score (nSPS) is 29.1. The second kappa shape index (κ2) is 7.94. The minimum Gasteiger partial charge on any atom is -0.458 e. The second-order valence-corrected chi connectivity index (χ2v) is 4.56. The molecule has 2 unspecified atom stereocenters. The topological polar surface area (TPSA) is 97.4 Å². The van der Waals surface area contributed by atoms with Crippen molar-refractivity contribution < 1.29 is 38.1 Å². The predicted molar refractivity (Wildman–Crippen MR) is 68.0 cm³/mol. The zero-order valence-corrected chi connectivity index (χ0v) is 12.5. The van der Waals surface area contributed by atoms with Crippen molar-refractivity contribution in [3.05, 3.63) is 0 Å². The standard InChI is InChI=1S/C13H20O8/c1-7(14)19-10-5-6-18-13(17-4)12(21-9(3)16)11(10)20-8(2)15/h10-13H,5-6H2,1-4H3/t10-,11?,12?,13+/m1/s1. The van der Waals surface area contributed by atoms with Crippen molar-refractivity contribution in [2.24, 2.45) is 0 Å². The largest absolute Gasteiger partial charge is 0.458 e. The van der Waals surface area contributed by atoms with E-state index in [1.54, 1.807) is 0 Å². The first kappa shape index (κ1) is 17.4. The van der Waals surface area contributed by atoms with E-state index >= 15 is 0 Å². The first-order valence-electron chi connectivity index (χ1n) is 6.51. The molecule has 0 spiro atoms. The van der Waals surface area contributed by atoms with E-state index in [4.69, 9.17) is 23.7 Å². The van der Waals surface area contributed by atoms with Gasteiger partial charge in [0.2, 0.25) is 0 Å². The van der Waals surface area contributed by atoms with Crippen molar-refractivity contribution in [1.82, 2.24) is 0 Å². The SMILES string of the molecule is CO[C@H]1OCC[C@@H](OC(C)=O)C(OC(C)=O)C1OC(C)=O. The number of rotatable bonds is 4. The Morgan fingerprint density at radius 3 is 1.90 bits per heavy atom. The molecule has 0 aromatic heterocycles. The molecular formula is C13H20O8. The fourth-order valence-corrected chi connectivity index (χ4v) is 2.12. The average Bonchev–Trinajstić information content (AvgIpc) is 2.50. The molecule has 0 aromatic carbocycles. The second-order valence-electron chi connectivity index (χ2n) is 4.56. The first-order chi connectivity index (χ1) is 9.85. The number of hydrogen-bond donors (Lipinski definition) is 0. The van der Waals surface area contributed by atoms with Crippen LogP contribution in [0.2, 0.25) is 0 Å². The molecule has 1 rings (SSSR count). The third kappa shape index (κ3) is 5.31. The van der Waals surface area contributed by atoms with Gasteiger partial charge in [-0.05, 0) is 0 Å². The molecule has 8 nitrogen and oxygen atoms in total. The Morgan fingerprint density at radius 2 is 1.43 bits per heavy atom. The zero-order valence-electron chi connectivity index (χ0n) is 12.5. The van der Waals surface area contributed by atoms with Crippen LogP contribution in [0.15, 0.2) is 0 Å². The van der Waals surface area contributed by atoms with E-state index in [1.807, 2.05) is 0 Å². The van der Waals surface area contributed by atoms with Gasteiger partial charge in [0.1, 0.15) is 6.10 Å². The maximum atomic E-state index is 11.3. The van der Waals surface area contributed by atoms with Crippen molar-refractivity contribution in [1.29, 1.82) is 0 Å². The Balaban J connectivity index is 3.06. The first-order valence-corrected chi connectivity index (χ1v) is 6.51. The summed E-state index contributed by atoms with van der Waals surface area (Å²) in [7, 11) is 1.37. The molecule has 0 N–H and O–H groups in total. The lowest BCUT2D eigenvalue weighted by Crippen LogP contribution is -2.49. The lowest BCUT2D eigenvalue weighted by Gasteiger charge is -2.31. The highest BCUT2D eigenvalue weighted by Gasteiger charge is 2.44. The Kier molecular flexibility index (Phi) is 6.57. The van der Waals surface area contributed by atoms with Crippen molar-refractivity contribution >= 4 is 17.9 Å². The van der Waals surface area contributed by atoms with E-state index in [1.165, 1.54) is 27.9 Å². The lowest BCUT2D eigenvalue weighted by atomic mass is 10.1. The summed E-state index contributed by atoms with van der Waals surface area (Å²) in [6.07, 6.45) is -3.43. The van der Waals surface area contributed by atoms with Crippen LogP contribution in [0.25, 0.3) is 0 Å². The van der Waals surface area contributed by atoms with Crippen molar-refractivity contribution in [3.8, 4) is 0 Å². The third-order valence-corrected chi connectivity index (χ3v) is 2.80. The molecule has 21 heavy (non-hydrogen) atoms. The van der Waals surface area contributed by atoms with Crippen LogP contribution in [0.4, 0.5) is 0 Å². The van der Waals surface area contributed by atoms with Crippen LogP contribution >= 0.6 is 0 Å². The number of carbonyl (C=O) groups excluding carboxylic acids is 3. The zero-order chi connectivity index (χ0) is 16.0. The lowest BCUT2D eigenvalue weighted by molar-refractivity contribution is -0.221. The molecule has 0 radical (unpaired) electrons. The van der Waals surface area contributed by atoms with Crippen LogP contribution in [-0.2, 0) is 38.1 Å². The minimum absolute atomic E-state index is 0.200. The van der Waals surface area contributed by atoms with Crippen LogP contribution in [0.5, 0.6) is 0 Å². The van der Waals surface area contributed by atoms with Gasteiger partial charge in [0.25, 0.3) is 0 Å². The monoisotopic (exact) mass is 304 g/mol. The van der Waals surface area contributed by atoms with Crippen LogP contribution in [0, 0.1) is 0 Å². The molecule has 1 saturated heterocycles. The molecule has 0 bridgehead atoms. The van der Waals surface area contributed by atoms with Gasteiger partial charge in [0.15, 0.2) is 18.5 Å². The molecule has 1 heterocycles. The van der Waals surface area contributed by atoms with Gasteiger partial charge >= 0.3 is 17.9 Å². The summed E-state index contributed by atoms with van der Waals surface area (Å²) in [6, 6.07) is 0. The quantitative estimate of drug-likeness (QED) is 0.536. The number of ether oxygens (including phenoxy) is 5. The summed E-state index contributed by atoms with van der Waals surface area (Å²) in [5.74, 6) is -1.72. The average molecular weight is 304 g/mol. The van der Waals surface area contributed by atoms with E-state index in [9.17, 15) is 14.4 Å². The fourth-order valence-electron chi connectivity index (χ4n) is 2.12. The van der Waals surface area contributed by atoms with E-state index in [0.29, 0.717) is 0 Å². The molecule has 120 valence electrons. The van der Waals surface area contributed by atoms with Gasteiger partial charge in [-0.2, -0.15) is 0 Å². The van der Waals surface area contributed by atoms with E-state index in [-0.39, 0.29) is 13.0 Å². The van der Waals surface area contributed by atoms with Gasteiger partial charge in [-0.3, -0.25) is 14.4 Å². The van der Waals surface area contributed by atoms with Crippen LogP contribution in [0.1, 0.15) is 27.2 Å². The van der Waals surface area contributed by atoms with Crippen LogP contribution in [0.3, 0.4) is 0 Å². The predicted octanol–water partition coefficient (Wildman–Crippen LogP) is 0.174. The van der Waals surface area contributed by atoms with Gasteiger partial charge in [-0.15, -0.1) is 0 Å². The van der Waals surface area contributed by atoms with Gasteiger partial charge < -0.3 is 23.7 Å². The molecule has 8 heteroatoms. The number of esters is 3. The third-order valence-electron chi connectivity index (χ3n) is 2.80. The summed E-state index contributed by atoms with van der Waals surface area (Å²) < 4.78 is 26.0. The van der Waals surface area contributed by atoms with E-state index in [2.05, 4.69) is 0 Å². The summed E-state index contributed by atoms with van der Waals surface area (Å²) in [6.45, 7) is 3.86. The Labute approximate surface area is 122 Å². The highest BCUT2D eigenvalue weighted by molar-refractivity contribution is 5.68. The van der Waals surface area contributed by atoms with Gasteiger partial charge in [0, 0.05) is 34.3 Å². The van der Waals surface area contributed by atoms with Crippen molar-refractivity contribution in [2.75, 3.05) is 13.7 Å². The van der Waals surface area contributed by atoms with Gasteiger partial charge in [-0.25, -0.2) is 0 Å². The van der Waals surface area contributed by atoms with Crippen LogP contribution < -0.4 is 0 Å². The van der Waals surface area contributed by atoms with Crippen LogP contribution in [-0.4, -0.2) is 56.2 Å². The Morgan fingerprint density at radius 1 is 0.905 bits per heavy atom. The van der Waals surface area contributed by atoms with E-state index in [0.717, 1.165) is 0 Å². The molecule has 1 fully saturated rings. The number of carbonyl (C=O) groups is 3. The smallest absolute Gasteiger partial charge is 0.303 e. The van der Waals surface area contributed by atoms with Gasteiger partial charge in [-0.1, -0.05) is 0 Å². The molecular weight excluding hydrogens is 284 g/mol. The minimum atomic E-state index is -1.02. The summed E-state index contributed by atoms with van der Waals surface area (Å²) in [4.78, 5) is 33.8. The summed E-state index contributed by atoms with van der Waals surface area (Å²) >= 11 is 0. The van der Waals surface area contributed by atoms with Crippen molar-refractivity contribution in [2.45, 2.75) is 51.8 Å². The maximum Gasteiger partial charge on any atom is 0.303 e. The molecule has 0 aromatic rings. The van der Waals surface area contributed by atoms with E-state index < -0.39 is 42.5 Å². The Bertz CT molecular complexity index is 394. The number of methoxy groups -OCH3 is 1. The Hall–Kier alpha value is -1.67. The number of hydrogen-bond acceptors (Lipinski definition) is 8. The van der Waals surface area contributed by atoms with Crippen molar-refractivity contribution in [3.63, 3.8) is 0 Å². The highest BCUT2D eigenvalue weighted by atomic mass is 16.7. The fraction of sp³-hybridized carbons (Fsp3) is 0.769. The molecule has 0 amide bonds. The molecule has 4 atom stereocenters. The molecule has 1 aliphatic rings. The summed E-state index contributed by atoms with van der Waals surface area (Å²) in [5, 5.41) is 0. The maximum absolute atomic E-state index is 11.3.